The summed E-state index contributed by atoms with van der Waals surface area (Å²) in [6, 6.07) is 26.7. The van der Waals surface area contributed by atoms with Gasteiger partial charge in [-0.2, -0.15) is 0 Å². The zero-order chi connectivity index (χ0) is 24.5. The summed E-state index contributed by atoms with van der Waals surface area (Å²) in [4.78, 5) is 18.7. The maximum absolute atomic E-state index is 6.18. The Balaban J connectivity index is 1.26. The van der Waals surface area contributed by atoms with Crippen molar-refractivity contribution < 1.29 is 0 Å². The number of nitrogens with zero attached hydrogens (tertiary/aromatic N) is 6. The first-order valence-corrected chi connectivity index (χ1v) is 12.7. The summed E-state index contributed by atoms with van der Waals surface area (Å²) in [6.45, 7) is 3.48. The monoisotopic (exact) mass is 514 g/mol. The summed E-state index contributed by atoms with van der Waals surface area (Å²) in [7, 11) is 0. The second-order valence-corrected chi connectivity index (χ2v) is 9.72. The summed E-state index contributed by atoms with van der Waals surface area (Å²) in [6.07, 6.45) is 3.42. The molecule has 0 radical (unpaired) electrons. The number of imidazole rings is 1. The van der Waals surface area contributed by atoms with Crippen molar-refractivity contribution in [3.63, 3.8) is 0 Å². The molecule has 1 atom stereocenters. The normalized spacial score (nSPS) is 15.3. The van der Waals surface area contributed by atoms with E-state index >= 15 is 0 Å². The lowest BCUT2D eigenvalue weighted by atomic mass is 9.96. The van der Waals surface area contributed by atoms with Crippen molar-refractivity contribution >= 4 is 40.2 Å². The number of anilines is 1. The van der Waals surface area contributed by atoms with Gasteiger partial charge in [-0.3, -0.25) is 9.47 Å². The van der Waals surface area contributed by atoms with Gasteiger partial charge in [0.25, 0.3) is 0 Å². The van der Waals surface area contributed by atoms with Gasteiger partial charge in [0.1, 0.15) is 12.7 Å². The van der Waals surface area contributed by atoms with E-state index in [0.29, 0.717) is 5.02 Å². The minimum absolute atomic E-state index is 0.167. The van der Waals surface area contributed by atoms with E-state index in [9.17, 15) is 0 Å². The zero-order valence-corrected chi connectivity index (χ0v) is 21.0. The van der Waals surface area contributed by atoms with Crippen molar-refractivity contribution in [1.29, 1.82) is 0 Å². The molecule has 0 N–H and O–H groups in total. The molecule has 36 heavy (non-hydrogen) atoms. The fourth-order valence-electron chi connectivity index (χ4n) is 4.93. The van der Waals surface area contributed by atoms with Crippen LogP contribution in [0.4, 0.5) is 5.82 Å². The van der Waals surface area contributed by atoms with E-state index in [1.54, 1.807) is 12.7 Å². The highest BCUT2D eigenvalue weighted by atomic mass is 35.5. The molecule has 0 amide bonds. The molecule has 1 aliphatic rings. The van der Waals surface area contributed by atoms with Crippen LogP contribution in [0.3, 0.4) is 0 Å². The van der Waals surface area contributed by atoms with E-state index < -0.39 is 0 Å². The minimum Gasteiger partial charge on any atom is -0.352 e. The molecule has 0 spiro atoms. The van der Waals surface area contributed by atoms with Crippen molar-refractivity contribution in [3.05, 3.63) is 113 Å². The molecule has 0 bridgehead atoms. The van der Waals surface area contributed by atoms with E-state index in [1.165, 1.54) is 11.1 Å². The van der Waals surface area contributed by atoms with Gasteiger partial charge in [0, 0.05) is 41.9 Å². The van der Waals surface area contributed by atoms with Crippen LogP contribution >= 0.6 is 23.2 Å². The summed E-state index contributed by atoms with van der Waals surface area (Å²) >= 11 is 12.3. The molecule has 6 rings (SSSR count). The summed E-state index contributed by atoms with van der Waals surface area (Å²) < 4.78 is 1.97. The number of rotatable bonds is 5. The molecular weight excluding hydrogens is 491 g/mol. The Morgan fingerprint density at radius 1 is 0.667 bits per heavy atom. The molecule has 2 aromatic heterocycles. The van der Waals surface area contributed by atoms with Gasteiger partial charge < -0.3 is 4.90 Å². The summed E-state index contributed by atoms with van der Waals surface area (Å²) in [5.74, 6) is 0.870. The van der Waals surface area contributed by atoms with Crippen LogP contribution in [0.2, 0.25) is 10.0 Å². The first kappa shape index (κ1) is 23.0. The molecule has 3 aromatic carbocycles. The third kappa shape index (κ3) is 4.44. The number of piperazine rings is 1. The van der Waals surface area contributed by atoms with Crippen molar-refractivity contribution in [2.45, 2.75) is 6.04 Å². The molecule has 3 heterocycles. The van der Waals surface area contributed by atoms with Crippen LogP contribution in [-0.2, 0) is 0 Å². The molecule has 0 unspecified atom stereocenters. The van der Waals surface area contributed by atoms with Crippen LogP contribution in [0, 0.1) is 0 Å². The van der Waals surface area contributed by atoms with Gasteiger partial charge in [0.15, 0.2) is 17.0 Å². The Labute approximate surface area is 219 Å². The Morgan fingerprint density at radius 2 is 1.31 bits per heavy atom. The predicted octanol–water partition coefficient (Wildman–Crippen LogP) is 6.03. The van der Waals surface area contributed by atoms with Gasteiger partial charge in [0.05, 0.1) is 6.04 Å². The van der Waals surface area contributed by atoms with Crippen LogP contribution in [0.5, 0.6) is 0 Å². The van der Waals surface area contributed by atoms with Crippen molar-refractivity contribution in [3.8, 4) is 5.69 Å². The van der Waals surface area contributed by atoms with Crippen LogP contribution in [-0.4, -0.2) is 50.6 Å². The zero-order valence-electron chi connectivity index (χ0n) is 19.5. The molecule has 8 heteroatoms. The maximum atomic E-state index is 6.18. The Hall–Kier alpha value is -3.45. The lowest BCUT2D eigenvalue weighted by Crippen LogP contribution is -2.48. The third-order valence-electron chi connectivity index (χ3n) is 6.70. The smallest absolute Gasteiger partial charge is 0.170 e. The Kier molecular flexibility index (Phi) is 6.32. The van der Waals surface area contributed by atoms with Crippen LogP contribution < -0.4 is 4.90 Å². The van der Waals surface area contributed by atoms with Crippen molar-refractivity contribution in [2.24, 2.45) is 0 Å². The molecule has 1 aliphatic heterocycles. The fourth-order valence-corrected chi connectivity index (χ4v) is 5.18. The molecule has 1 saturated heterocycles. The summed E-state index contributed by atoms with van der Waals surface area (Å²) in [5.41, 5.74) is 5.07. The first-order chi connectivity index (χ1) is 17.7. The number of benzene rings is 3. The number of halogens is 2. The number of hydrogen-bond acceptors (Lipinski definition) is 5. The van der Waals surface area contributed by atoms with Crippen LogP contribution in [0.1, 0.15) is 17.2 Å². The van der Waals surface area contributed by atoms with Crippen LogP contribution in [0.25, 0.3) is 16.9 Å². The minimum atomic E-state index is 0.167. The van der Waals surface area contributed by atoms with Gasteiger partial charge >= 0.3 is 0 Å². The van der Waals surface area contributed by atoms with Crippen molar-refractivity contribution in [1.82, 2.24) is 24.4 Å². The number of fused-ring (bicyclic) bond motifs is 1. The lowest BCUT2D eigenvalue weighted by Gasteiger charge is -2.40. The Morgan fingerprint density at radius 3 is 2.00 bits per heavy atom. The number of aromatic nitrogens is 4. The van der Waals surface area contributed by atoms with Crippen molar-refractivity contribution in [2.75, 3.05) is 31.1 Å². The third-order valence-corrected chi connectivity index (χ3v) is 7.20. The first-order valence-electron chi connectivity index (χ1n) is 11.9. The molecule has 0 aliphatic carbocycles. The maximum Gasteiger partial charge on any atom is 0.170 e. The standard InChI is InChI=1S/C28H24Cl2N6/c29-22-8-6-21(7-9-22)26(20-4-2-1-3-5-20)34-14-16-35(17-15-34)27-25-28(32-18-31-27)36(19-33-25)24-12-10-23(30)11-13-24/h1-13,18-19,26H,14-17H2/t26-/m0/s1. The fraction of sp³-hybridized carbons (Fsp3) is 0.179. The molecular formula is C28H24Cl2N6. The van der Waals surface area contributed by atoms with Gasteiger partial charge in [0.2, 0.25) is 0 Å². The Bertz CT molecular complexity index is 1460. The van der Waals surface area contributed by atoms with E-state index in [0.717, 1.165) is 53.9 Å². The lowest BCUT2D eigenvalue weighted by molar-refractivity contribution is 0.212. The average molecular weight is 515 g/mol. The molecule has 5 aromatic rings. The highest BCUT2D eigenvalue weighted by Crippen LogP contribution is 2.32. The van der Waals surface area contributed by atoms with E-state index in [1.807, 2.05) is 41.0 Å². The topological polar surface area (TPSA) is 50.1 Å². The highest BCUT2D eigenvalue weighted by Gasteiger charge is 2.28. The second-order valence-electron chi connectivity index (χ2n) is 8.85. The van der Waals surface area contributed by atoms with Gasteiger partial charge in [-0.15, -0.1) is 0 Å². The van der Waals surface area contributed by atoms with Crippen LogP contribution in [0.15, 0.2) is 91.5 Å². The molecule has 1 fully saturated rings. The molecule has 6 nitrogen and oxygen atoms in total. The van der Waals surface area contributed by atoms with Gasteiger partial charge in [-0.25, -0.2) is 15.0 Å². The molecule has 0 saturated carbocycles. The van der Waals surface area contributed by atoms with E-state index in [2.05, 4.69) is 67.2 Å². The second kappa shape index (κ2) is 9.90. The largest absolute Gasteiger partial charge is 0.352 e. The number of hydrogen-bond donors (Lipinski definition) is 0. The van der Waals surface area contributed by atoms with E-state index in [-0.39, 0.29) is 6.04 Å². The van der Waals surface area contributed by atoms with E-state index in [4.69, 9.17) is 23.2 Å². The SMILES string of the molecule is Clc1ccc([C@H](c2ccccc2)N2CCN(c3ncnc4c3ncn4-c3ccc(Cl)cc3)CC2)cc1. The summed E-state index contributed by atoms with van der Waals surface area (Å²) in [5, 5.41) is 1.45. The highest BCUT2D eigenvalue weighted by molar-refractivity contribution is 6.30. The van der Waals surface area contributed by atoms with Gasteiger partial charge in [-0.05, 0) is 47.5 Å². The quantitative estimate of drug-likeness (QED) is 0.286. The van der Waals surface area contributed by atoms with Gasteiger partial charge in [-0.1, -0.05) is 65.7 Å². The predicted molar refractivity (Wildman–Crippen MR) is 145 cm³/mol. The average Bonchev–Trinajstić information content (AvgIpc) is 3.36. The molecule has 180 valence electrons.